The fourth-order valence-corrected chi connectivity index (χ4v) is 5.75. The highest BCUT2D eigenvalue weighted by Crippen LogP contribution is 2.29. The molecule has 0 bridgehead atoms. The normalized spacial score (nSPS) is 16.6. The lowest BCUT2D eigenvalue weighted by molar-refractivity contribution is -0.206. The molecule has 1 unspecified atom stereocenters. The van der Waals surface area contributed by atoms with Crippen LogP contribution in [-0.4, -0.2) is 42.5 Å². The first kappa shape index (κ1) is 40.7. The highest BCUT2D eigenvalue weighted by molar-refractivity contribution is 5.90. The number of carboxylic acid groups (broad SMARTS) is 1. The van der Waals surface area contributed by atoms with Crippen molar-refractivity contribution in [2.45, 2.75) is 116 Å². The smallest absolute Gasteiger partial charge is 0.425 e. The molecule has 1 saturated heterocycles. The molecule has 1 fully saturated rings. The van der Waals surface area contributed by atoms with Crippen molar-refractivity contribution in [1.29, 1.82) is 0 Å². The summed E-state index contributed by atoms with van der Waals surface area (Å²) in [6, 6.07) is 22.6. The number of halogens is 3. The summed E-state index contributed by atoms with van der Waals surface area (Å²) >= 11 is 0. The molecule has 1 heterocycles. The molecule has 0 aliphatic carbocycles. The van der Waals surface area contributed by atoms with Crippen LogP contribution in [0.1, 0.15) is 130 Å². The summed E-state index contributed by atoms with van der Waals surface area (Å²) in [5.74, 6) is -1.38. The van der Waals surface area contributed by atoms with E-state index < -0.39 is 24.2 Å². The van der Waals surface area contributed by atoms with E-state index in [1.54, 1.807) is 36.4 Å². The molecule has 0 saturated carbocycles. The van der Waals surface area contributed by atoms with E-state index in [1.807, 2.05) is 37.3 Å². The molecule has 1 N–H and O–H groups in total. The highest BCUT2D eigenvalue weighted by Gasteiger charge is 2.42. The molecule has 0 aromatic heterocycles. The molecule has 9 heteroatoms. The van der Waals surface area contributed by atoms with Crippen LogP contribution in [0.2, 0.25) is 0 Å². The van der Waals surface area contributed by atoms with Crippen molar-refractivity contribution in [1.82, 2.24) is 0 Å². The molecule has 0 spiro atoms. The minimum Gasteiger partial charge on any atom is -0.478 e. The van der Waals surface area contributed by atoms with Gasteiger partial charge in [0.25, 0.3) is 0 Å². The van der Waals surface area contributed by atoms with Gasteiger partial charge in [0.15, 0.2) is 12.4 Å². The van der Waals surface area contributed by atoms with Crippen molar-refractivity contribution < 1.29 is 42.1 Å². The molecule has 1 atom stereocenters. The Kier molecular flexibility index (Phi) is 18.1. The third kappa shape index (κ3) is 14.7. The summed E-state index contributed by atoms with van der Waals surface area (Å²) in [6.07, 6.45) is 6.19. The summed E-state index contributed by atoms with van der Waals surface area (Å²) in [6.45, 7) is 5.68. The predicted molar refractivity (Wildman–Crippen MR) is 190 cm³/mol. The van der Waals surface area contributed by atoms with E-state index in [0.717, 1.165) is 42.7 Å². The molecule has 4 rings (SSSR count). The maximum atomic E-state index is 13.1. The van der Waals surface area contributed by atoms with Crippen molar-refractivity contribution in [2.24, 2.45) is 5.92 Å². The van der Waals surface area contributed by atoms with Crippen LogP contribution in [0.15, 0.2) is 78.9 Å². The van der Waals surface area contributed by atoms with Crippen LogP contribution in [0, 0.1) is 5.92 Å². The molecule has 6 nitrogen and oxygen atoms in total. The molecule has 0 radical (unpaired) electrons. The lowest BCUT2D eigenvalue weighted by atomic mass is 10.0. The van der Waals surface area contributed by atoms with Gasteiger partial charge in [-0.15, -0.1) is 0 Å². The van der Waals surface area contributed by atoms with Crippen molar-refractivity contribution in [3.05, 3.63) is 95.6 Å². The molecule has 3 aromatic rings. The average Bonchev–Trinajstić information content (AvgIpc) is 3.13. The van der Waals surface area contributed by atoms with Gasteiger partial charge < -0.3 is 19.3 Å². The Morgan fingerprint density at radius 2 is 1.24 bits per heavy atom. The Hall–Kier alpha value is -3.69. The fraction of sp³-hybridized carbons (Fsp3) is 0.512. The zero-order chi connectivity index (χ0) is 36.2. The number of hydrogen-bond donors (Lipinski definition) is 1. The number of alkyl halides is 3. The Morgan fingerprint density at radius 3 is 1.80 bits per heavy atom. The molecule has 1 aliphatic heterocycles. The number of hydrogen-bond acceptors (Lipinski definition) is 5. The second kappa shape index (κ2) is 22.2. The Morgan fingerprint density at radius 1 is 0.720 bits per heavy atom. The molecule has 1 aliphatic rings. The number of rotatable bonds is 18. The third-order valence-corrected chi connectivity index (χ3v) is 8.77. The molecule has 3 aromatic carbocycles. The van der Waals surface area contributed by atoms with Crippen molar-refractivity contribution in [3.63, 3.8) is 0 Å². The number of carbonyl (C=O) groups is 2. The summed E-state index contributed by atoms with van der Waals surface area (Å²) in [5.41, 5.74) is 3.14. The molecule has 274 valence electrons. The Balaban J connectivity index is 0.000000271. The Labute approximate surface area is 295 Å². The van der Waals surface area contributed by atoms with Crippen LogP contribution in [0.4, 0.5) is 13.2 Å². The predicted octanol–water partition coefficient (Wildman–Crippen LogP) is 11.6. The second-order valence-electron chi connectivity index (χ2n) is 12.9. The van der Waals surface area contributed by atoms with Gasteiger partial charge in [0.05, 0.1) is 24.3 Å². The summed E-state index contributed by atoms with van der Waals surface area (Å²) in [4.78, 5) is 23.0. The van der Waals surface area contributed by atoms with Gasteiger partial charge in [0.2, 0.25) is 0 Å². The number of benzene rings is 3. The highest BCUT2D eigenvalue weighted by atomic mass is 19.4. The van der Waals surface area contributed by atoms with Gasteiger partial charge in [0, 0.05) is 11.5 Å². The lowest BCUT2D eigenvalue weighted by Crippen LogP contribution is -2.33. The largest absolute Gasteiger partial charge is 0.478 e. The first-order chi connectivity index (χ1) is 24.1. The molecule has 50 heavy (non-hydrogen) atoms. The van der Waals surface area contributed by atoms with Gasteiger partial charge in [0.1, 0.15) is 0 Å². The summed E-state index contributed by atoms with van der Waals surface area (Å²) in [7, 11) is 0. The summed E-state index contributed by atoms with van der Waals surface area (Å²) in [5, 5.41) is 8.92. The van der Waals surface area contributed by atoms with Gasteiger partial charge in [-0.2, -0.15) is 13.2 Å². The summed E-state index contributed by atoms with van der Waals surface area (Å²) < 4.78 is 55.7. The van der Waals surface area contributed by atoms with Crippen LogP contribution >= 0.6 is 0 Å². The van der Waals surface area contributed by atoms with E-state index in [0.29, 0.717) is 18.8 Å². The zero-order valence-electron chi connectivity index (χ0n) is 29.5. The maximum Gasteiger partial charge on any atom is 0.425 e. The zero-order valence-corrected chi connectivity index (χ0v) is 29.5. The quantitative estimate of drug-likeness (QED) is 0.105. The molecular formula is C41H53F3O6. The number of carboxylic acids is 1. The van der Waals surface area contributed by atoms with Crippen LogP contribution < -0.4 is 0 Å². The van der Waals surface area contributed by atoms with Gasteiger partial charge in [-0.1, -0.05) is 133 Å². The molecular weight excluding hydrogens is 645 g/mol. The first-order valence-electron chi connectivity index (χ1n) is 18.1. The minimum absolute atomic E-state index is 0.118. The van der Waals surface area contributed by atoms with E-state index in [4.69, 9.17) is 19.3 Å². The van der Waals surface area contributed by atoms with E-state index in [2.05, 4.69) is 6.92 Å². The van der Waals surface area contributed by atoms with E-state index in [-0.39, 0.29) is 23.8 Å². The van der Waals surface area contributed by atoms with Gasteiger partial charge in [-0.05, 0) is 54.7 Å². The van der Waals surface area contributed by atoms with Crippen LogP contribution in [0.5, 0.6) is 0 Å². The van der Waals surface area contributed by atoms with Gasteiger partial charge >= 0.3 is 18.1 Å². The standard InChI is InChI=1S/C21H23F3O2.C20H30O4/c1-2-3-4-8-11-19(21(22,23)24)26-20(25)18-14-12-17(13-15-18)16-9-6-5-7-10-16;1-2-3-4-5-6-7-8-9-16-14-23-20(24-15-16)18-12-10-17(11-13-18)19(21)22/h5-7,9-10,12-15,19H,2-4,8,11H2,1H3;10-13,16,20H,2-9,14-15H2,1H3,(H,21,22). The van der Waals surface area contributed by atoms with Crippen LogP contribution in [0.3, 0.4) is 0 Å². The van der Waals surface area contributed by atoms with E-state index >= 15 is 0 Å². The van der Waals surface area contributed by atoms with Gasteiger partial charge in [-0.25, -0.2) is 9.59 Å². The van der Waals surface area contributed by atoms with Gasteiger partial charge in [-0.3, -0.25) is 0 Å². The number of aromatic carboxylic acids is 1. The second-order valence-corrected chi connectivity index (χ2v) is 12.9. The number of ether oxygens (including phenoxy) is 3. The number of carbonyl (C=O) groups excluding carboxylic acids is 1. The topological polar surface area (TPSA) is 82.1 Å². The van der Waals surface area contributed by atoms with Crippen LogP contribution in [0.25, 0.3) is 11.1 Å². The van der Waals surface area contributed by atoms with E-state index in [9.17, 15) is 22.8 Å². The van der Waals surface area contributed by atoms with Crippen molar-refractivity contribution in [3.8, 4) is 11.1 Å². The SMILES string of the molecule is CCCCCCC(OC(=O)c1ccc(-c2ccccc2)cc1)C(F)(F)F.CCCCCCCCCC1COC(c2ccc(C(=O)O)cc2)OC1. The third-order valence-electron chi connectivity index (χ3n) is 8.77. The van der Waals surface area contributed by atoms with Crippen molar-refractivity contribution >= 4 is 11.9 Å². The monoisotopic (exact) mass is 698 g/mol. The number of unbranched alkanes of at least 4 members (excludes halogenated alkanes) is 9. The lowest BCUT2D eigenvalue weighted by Gasteiger charge is -2.29. The average molecular weight is 699 g/mol. The number of esters is 1. The Bertz CT molecular complexity index is 1370. The van der Waals surface area contributed by atoms with Crippen LogP contribution in [-0.2, 0) is 14.2 Å². The van der Waals surface area contributed by atoms with Crippen molar-refractivity contribution in [2.75, 3.05) is 13.2 Å². The first-order valence-corrected chi connectivity index (χ1v) is 18.1. The maximum absolute atomic E-state index is 13.1. The fourth-order valence-electron chi connectivity index (χ4n) is 5.75. The van der Waals surface area contributed by atoms with E-state index in [1.165, 1.54) is 63.5 Å². The minimum atomic E-state index is -4.55. The molecule has 0 amide bonds.